The van der Waals surface area contributed by atoms with Crippen LogP contribution in [0.1, 0.15) is 17.3 Å². The second kappa shape index (κ2) is 5.69. The van der Waals surface area contributed by atoms with E-state index in [4.69, 9.17) is 0 Å². The van der Waals surface area contributed by atoms with Gasteiger partial charge in [0.2, 0.25) is 5.91 Å². The molecular weight excluding hydrogens is 280 g/mol. The number of rotatable bonds is 3. The summed E-state index contributed by atoms with van der Waals surface area (Å²) in [5.74, 6) is -0.357. The minimum absolute atomic E-state index is 0.136. The Bertz CT molecular complexity index is 837. The number of anilines is 2. The summed E-state index contributed by atoms with van der Waals surface area (Å²) >= 11 is 0. The van der Waals surface area contributed by atoms with Gasteiger partial charge >= 0.3 is 0 Å². The third-order valence-electron chi connectivity index (χ3n) is 3.18. The molecule has 3 rings (SSSR count). The molecule has 0 saturated carbocycles. The van der Waals surface area contributed by atoms with Gasteiger partial charge in [-0.25, -0.2) is 0 Å². The summed E-state index contributed by atoms with van der Waals surface area (Å²) in [6.07, 6.45) is 1.67. The predicted molar refractivity (Wildman–Crippen MR) is 84.8 cm³/mol. The van der Waals surface area contributed by atoms with Gasteiger partial charge in [-0.1, -0.05) is 12.1 Å². The van der Waals surface area contributed by atoms with Crippen LogP contribution in [-0.4, -0.2) is 22.0 Å². The number of nitrogens with zero attached hydrogens (tertiary/aromatic N) is 1. The van der Waals surface area contributed by atoms with Crippen LogP contribution in [0.25, 0.3) is 10.9 Å². The Kier molecular flexibility index (Phi) is 3.57. The first-order chi connectivity index (χ1) is 10.6. The van der Waals surface area contributed by atoms with E-state index in [9.17, 15) is 9.59 Å². The first-order valence-electron chi connectivity index (χ1n) is 6.74. The fourth-order valence-electron chi connectivity index (χ4n) is 2.20. The fraction of sp³-hybridized carbons (Fsp3) is 0.0625. The standard InChI is InChI=1S/C16H14N4O2/c1-10(21)18-12-5-7-13(8-6-12)19-16(22)14-4-2-3-11-9-17-20-15(11)14/h2-9H,1H3,(H,17,20)(H,18,21)(H,19,22). The number of carbonyl (C=O) groups excluding carboxylic acids is 2. The van der Waals surface area contributed by atoms with E-state index in [-0.39, 0.29) is 11.8 Å². The normalized spacial score (nSPS) is 10.4. The van der Waals surface area contributed by atoms with E-state index in [0.717, 1.165) is 5.39 Å². The van der Waals surface area contributed by atoms with Crippen molar-refractivity contribution in [3.63, 3.8) is 0 Å². The maximum absolute atomic E-state index is 12.4. The van der Waals surface area contributed by atoms with Crippen LogP contribution in [0, 0.1) is 0 Å². The molecule has 0 radical (unpaired) electrons. The van der Waals surface area contributed by atoms with E-state index in [1.54, 1.807) is 36.5 Å². The fourth-order valence-corrected chi connectivity index (χ4v) is 2.20. The van der Waals surface area contributed by atoms with Crippen molar-refractivity contribution >= 4 is 34.1 Å². The molecule has 6 nitrogen and oxygen atoms in total. The molecule has 2 aromatic carbocycles. The second-order valence-electron chi connectivity index (χ2n) is 4.85. The lowest BCUT2D eigenvalue weighted by atomic mass is 10.1. The Balaban J connectivity index is 1.79. The van der Waals surface area contributed by atoms with Gasteiger partial charge in [-0.2, -0.15) is 5.10 Å². The predicted octanol–water partition coefficient (Wildman–Crippen LogP) is 2.77. The summed E-state index contributed by atoms with van der Waals surface area (Å²) < 4.78 is 0. The largest absolute Gasteiger partial charge is 0.326 e. The SMILES string of the molecule is CC(=O)Nc1ccc(NC(=O)c2cccc3cn[nH]c23)cc1. The van der Waals surface area contributed by atoms with Gasteiger partial charge in [-0.3, -0.25) is 14.7 Å². The number of benzene rings is 2. The minimum atomic E-state index is -0.220. The smallest absolute Gasteiger partial charge is 0.257 e. The minimum Gasteiger partial charge on any atom is -0.326 e. The third-order valence-corrected chi connectivity index (χ3v) is 3.18. The van der Waals surface area contributed by atoms with E-state index in [1.165, 1.54) is 6.92 Å². The first-order valence-corrected chi connectivity index (χ1v) is 6.74. The molecule has 0 aliphatic carbocycles. The maximum Gasteiger partial charge on any atom is 0.257 e. The molecule has 0 saturated heterocycles. The van der Waals surface area contributed by atoms with Gasteiger partial charge in [-0.05, 0) is 30.3 Å². The molecule has 0 unspecified atom stereocenters. The van der Waals surface area contributed by atoms with Crippen molar-refractivity contribution in [2.45, 2.75) is 6.92 Å². The van der Waals surface area contributed by atoms with Crippen LogP contribution in [-0.2, 0) is 4.79 Å². The van der Waals surface area contributed by atoms with Crippen LogP contribution in [0.3, 0.4) is 0 Å². The van der Waals surface area contributed by atoms with Gasteiger partial charge < -0.3 is 10.6 Å². The lowest BCUT2D eigenvalue weighted by Crippen LogP contribution is -2.12. The van der Waals surface area contributed by atoms with E-state index in [0.29, 0.717) is 22.5 Å². The molecule has 2 amide bonds. The average molecular weight is 294 g/mol. The van der Waals surface area contributed by atoms with Crippen molar-refractivity contribution < 1.29 is 9.59 Å². The van der Waals surface area contributed by atoms with E-state index >= 15 is 0 Å². The van der Waals surface area contributed by atoms with Crippen LogP contribution in [0.5, 0.6) is 0 Å². The van der Waals surface area contributed by atoms with Gasteiger partial charge in [0.05, 0.1) is 17.3 Å². The number of hydrogen-bond acceptors (Lipinski definition) is 3. The molecule has 0 aliphatic rings. The number of nitrogens with one attached hydrogen (secondary N) is 3. The van der Waals surface area contributed by atoms with Crippen molar-refractivity contribution in [1.82, 2.24) is 10.2 Å². The van der Waals surface area contributed by atoms with Crippen molar-refractivity contribution in [2.75, 3.05) is 10.6 Å². The zero-order valence-corrected chi connectivity index (χ0v) is 11.9. The zero-order valence-electron chi connectivity index (χ0n) is 11.9. The molecule has 3 aromatic rings. The van der Waals surface area contributed by atoms with Crippen LogP contribution < -0.4 is 10.6 Å². The summed E-state index contributed by atoms with van der Waals surface area (Å²) in [7, 11) is 0. The molecule has 1 heterocycles. The molecule has 0 bridgehead atoms. The van der Waals surface area contributed by atoms with Crippen LogP contribution >= 0.6 is 0 Å². The Morgan fingerprint density at radius 2 is 1.68 bits per heavy atom. The number of hydrogen-bond donors (Lipinski definition) is 3. The number of fused-ring (bicyclic) bond motifs is 1. The van der Waals surface area contributed by atoms with Gasteiger partial charge in [-0.15, -0.1) is 0 Å². The number of aromatic amines is 1. The number of H-pyrrole nitrogens is 1. The van der Waals surface area contributed by atoms with Crippen molar-refractivity contribution in [1.29, 1.82) is 0 Å². The number of aromatic nitrogens is 2. The van der Waals surface area contributed by atoms with E-state index in [1.807, 2.05) is 12.1 Å². The highest BCUT2D eigenvalue weighted by Gasteiger charge is 2.11. The van der Waals surface area contributed by atoms with Gasteiger partial charge in [0.15, 0.2) is 0 Å². The molecule has 3 N–H and O–H groups in total. The third kappa shape index (κ3) is 2.80. The van der Waals surface area contributed by atoms with Gasteiger partial charge in [0, 0.05) is 23.7 Å². The summed E-state index contributed by atoms with van der Waals surface area (Å²) in [5.41, 5.74) is 2.56. The summed E-state index contributed by atoms with van der Waals surface area (Å²) in [6, 6.07) is 12.4. The van der Waals surface area contributed by atoms with Gasteiger partial charge in [0.25, 0.3) is 5.91 Å². The first kappa shape index (κ1) is 13.8. The topological polar surface area (TPSA) is 86.9 Å². The Morgan fingerprint density at radius 1 is 1.00 bits per heavy atom. The average Bonchev–Trinajstić information content (AvgIpc) is 2.97. The number of amides is 2. The van der Waals surface area contributed by atoms with Crippen molar-refractivity contribution in [3.8, 4) is 0 Å². The second-order valence-corrected chi connectivity index (χ2v) is 4.85. The highest BCUT2D eigenvalue weighted by Crippen LogP contribution is 2.18. The molecule has 0 aliphatic heterocycles. The Labute approximate surface area is 126 Å². The van der Waals surface area contributed by atoms with Crippen LogP contribution in [0.15, 0.2) is 48.7 Å². The lowest BCUT2D eigenvalue weighted by Gasteiger charge is -2.07. The molecule has 0 atom stereocenters. The molecule has 22 heavy (non-hydrogen) atoms. The number of para-hydroxylation sites is 1. The maximum atomic E-state index is 12.4. The molecule has 0 spiro atoms. The van der Waals surface area contributed by atoms with Gasteiger partial charge in [0.1, 0.15) is 0 Å². The Morgan fingerprint density at radius 3 is 2.36 bits per heavy atom. The monoisotopic (exact) mass is 294 g/mol. The molecule has 0 fully saturated rings. The van der Waals surface area contributed by atoms with Crippen molar-refractivity contribution in [3.05, 3.63) is 54.2 Å². The quantitative estimate of drug-likeness (QED) is 0.694. The molecule has 6 heteroatoms. The zero-order chi connectivity index (χ0) is 15.5. The lowest BCUT2D eigenvalue weighted by molar-refractivity contribution is -0.114. The van der Waals surface area contributed by atoms with E-state index in [2.05, 4.69) is 20.8 Å². The van der Waals surface area contributed by atoms with Crippen LogP contribution in [0.2, 0.25) is 0 Å². The highest BCUT2D eigenvalue weighted by molar-refractivity contribution is 6.11. The number of carbonyl (C=O) groups is 2. The molecule has 1 aromatic heterocycles. The molecule has 110 valence electrons. The van der Waals surface area contributed by atoms with Crippen LogP contribution in [0.4, 0.5) is 11.4 Å². The molecular formula is C16H14N4O2. The highest BCUT2D eigenvalue weighted by atomic mass is 16.2. The van der Waals surface area contributed by atoms with E-state index < -0.39 is 0 Å². The summed E-state index contributed by atoms with van der Waals surface area (Å²) in [4.78, 5) is 23.3. The Hall–Kier alpha value is -3.15. The summed E-state index contributed by atoms with van der Waals surface area (Å²) in [5, 5.41) is 13.1. The summed E-state index contributed by atoms with van der Waals surface area (Å²) in [6.45, 7) is 1.45. The van der Waals surface area contributed by atoms with Crippen molar-refractivity contribution in [2.24, 2.45) is 0 Å².